The zero-order valence-corrected chi connectivity index (χ0v) is 9.25. The smallest absolute Gasteiger partial charge is 0.159 e. The molecule has 0 spiro atoms. The standard InChI is InChI=1S/C13H16O2/c1-9-7-11(10(2)14)3-4-13-12(8-9)5-6-15-13/h3-4,7,12H,5-6,8H2,1-2H3. The molecule has 1 saturated heterocycles. The van der Waals surface area contributed by atoms with Crippen LogP contribution in [0.1, 0.15) is 26.7 Å². The van der Waals surface area contributed by atoms with Gasteiger partial charge in [-0.3, -0.25) is 4.79 Å². The Morgan fingerprint density at radius 1 is 1.47 bits per heavy atom. The Morgan fingerprint density at radius 3 is 3.00 bits per heavy atom. The molecule has 2 nitrogen and oxygen atoms in total. The molecule has 1 atom stereocenters. The van der Waals surface area contributed by atoms with Crippen LogP contribution in [0.15, 0.2) is 35.1 Å². The molecule has 0 aromatic heterocycles. The van der Waals surface area contributed by atoms with Crippen LogP contribution in [0, 0.1) is 5.92 Å². The predicted octanol–water partition coefficient (Wildman–Crippen LogP) is 2.77. The van der Waals surface area contributed by atoms with Crippen molar-refractivity contribution in [1.29, 1.82) is 0 Å². The van der Waals surface area contributed by atoms with E-state index >= 15 is 0 Å². The molecule has 1 aliphatic carbocycles. The summed E-state index contributed by atoms with van der Waals surface area (Å²) in [5, 5.41) is 0. The second kappa shape index (κ2) is 4.05. The normalized spacial score (nSPS) is 25.2. The van der Waals surface area contributed by atoms with Gasteiger partial charge in [0.1, 0.15) is 0 Å². The molecule has 2 aliphatic rings. The zero-order valence-electron chi connectivity index (χ0n) is 9.25. The van der Waals surface area contributed by atoms with Gasteiger partial charge in [-0.05, 0) is 38.8 Å². The van der Waals surface area contributed by atoms with Crippen LogP contribution in [-0.4, -0.2) is 12.4 Å². The minimum atomic E-state index is 0.114. The van der Waals surface area contributed by atoms with Crippen LogP contribution in [0.4, 0.5) is 0 Å². The molecule has 1 unspecified atom stereocenters. The van der Waals surface area contributed by atoms with Crippen molar-refractivity contribution < 1.29 is 9.53 Å². The average Bonchev–Trinajstić information content (AvgIpc) is 2.55. The summed E-state index contributed by atoms with van der Waals surface area (Å²) in [6, 6.07) is 0. The fourth-order valence-electron chi connectivity index (χ4n) is 2.12. The van der Waals surface area contributed by atoms with Gasteiger partial charge in [-0.15, -0.1) is 0 Å². The molecule has 2 rings (SSSR count). The topological polar surface area (TPSA) is 26.3 Å². The van der Waals surface area contributed by atoms with Crippen LogP contribution >= 0.6 is 0 Å². The van der Waals surface area contributed by atoms with Crippen molar-refractivity contribution in [3.05, 3.63) is 35.1 Å². The van der Waals surface area contributed by atoms with Crippen molar-refractivity contribution in [2.75, 3.05) is 6.61 Å². The van der Waals surface area contributed by atoms with Gasteiger partial charge in [0.25, 0.3) is 0 Å². The third kappa shape index (κ3) is 2.20. The number of ether oxygens (including phenoxy) is 1. The van der Waals surface area contributed by atoms with Gasteiger partial charge in [-0.1, -0.05) is 11.6 Å². The van der Waals surface area contributed by atoms with Gasteiger partial charge in [0.15, 0.2) is 5.78 Å². The number of allylic oxidation sites excluding steroid dienone is 6. The monoisotopic (exact) mass is 204 g/mol. The van der Waals surface area contributed by atoms with E-state index in [0.29, 0.717) is 5.92 Å². The third-order valence-corrected chi connectivity index (χ3v) is 2.94. The number of hydrogen-bond acceptors (Lipinski definition) is 2. The average molecular weight is 204 g/mol. The second-order valence-corrected chi connectivity index (χ2v) is 4.28. The van der Waals surface area contributed by atoms with Crippen LogP contribution < -0.4 is 0 Å². The number of ketones is 1. The Hall–Kier alpha value is -1.31. The van der Waals surface area contributed by atoms with Gasteiger partial charge >= 0.3 is 0 Å². The highest BCUT2D eigenvalue weighted by Gasteiger charge is 2.23. The van der Waals surface area contributed by atoms with Crippen molar-refractivity contribution in [1.82, 2.24) is 0 Å². The van der Waals surface area contributed by atoms with Crippen LogP contribution in [0.25, 0.3) is 0 Å². The van der Waals surface area contributed by atoms with Gasteiger partial charge in [0, 0.05) is 11.5 Å². The molecule has 2 heteroatoms. The molecule has 0 saturated carbocycles. The SMILES string of the molecule is CC(=O)C1=CC=C2OCCC2CC(C)=C1. The van der Waals surface area contributed by atoms with E-state index in [-0.39, 0.29) is 5.78 Å². The maximum Gasteiger partial charge on any atom is 0.159 e. The Labute approximate surface area is 90.3 Å². The Morgan fingerprint density at radius 2 is 2.27 bits per heavy atom. The van der Waals surface area contributed by atoms with Gasteiger partial charge in [0.2, 0.25) is 0 Å². The molecule has 0 amide bonds. The molecule has 1 fully saturated rings. The highest BCUT2D eigenvalue weighted by molar-refractivity contribution is 5.96. The molecule has 0 aromatic rings. The number of carbonyl (C=O) groups excluding carboxylic acids is 1. The van der Waals surface area contributed by atoms with Crippen molar-refractivity contribution in [2.45, 2.75) is 26.7 Å². The molecule has 1 heterocycles. The number of fused-ring (bicyclic) bond motifs is 1. The highest BCUT2D eigenvalue weighted by Crippen LogP contribution is 2.32. The summed E-state index contributed by atoms with van der Waals surface area (Å²) in [7, 11) is 0. The Kier molecular flexibility index (Phi) is 2.76. The Bertz CT molecular complexity index is 372. The first-order valence-electron chi connectivity index (χ1n) is 5.39. The Balaban J connectivity index is 2.34. The highest BCUT2D eigenvalue weighted by atomic mass is 16.5. The van der Waals surface area contributed by atoms with E-state index in [4.69, 9.17) is 4.74 Å². The molecular weight excluding hydrogens is 188 g/mol. The van der Waals surface area contributed by atoms with Gasteiger partial charge < -0.3 is 4.74 Å². The van der Waals surface area contributed by atoms with Crippen LogP contribution in [0.2, 0.25) is 0 Å². The van der Waals surface area contributed by atoms with Gasteiger partial charge in [0.05, 0.1) is 12.4 Å². The van der Waals surface area contributed by atoms with Crippen molar-refractivity contribution in [3.63, 3.8) is 0 Å². The molecule has 80 valence electrons. The maximum absolute atomic E-state index is 11.3. The second-order valence-electron chi connectivity index (χ2n) is 4.28. The van der Waals surface area contributed by atoms with Gasteiger partial charge in [-0.2, -0.15) is 0 Å². The lowest BCUT2D eigenvalue weighted by Crippen LogP contribution is -2.03. The molecule has 0 aromatic carbocycles. The van der Waals surface area contributed by atoms with E-state index in [2.05, 4.69) is 6.92 Å². The molecule has 0 radical (unpaired) electrons. The first kappa shape index (κ1) is 10.2. The minimum absolute atomic E-state index is 0.114. The summed E-state index contributed by atoms with van der Waals surface area (Å²) in [6.07, 6.45) is 7.93. The first-order valence-corrected chi connectivity index (χ1v) is 5.39. The summed E-state index contributed by atoms with van der Waals surface area (Å²) in [5.74, 6) is 1.68. The first-order chi connectivity index (χ1) is 7.16. The molecular formula is C13H16O2. The lowest BCUT2D eigenvalue weighted by atomic mass is 9.93. The maximum atomic E-state index is 11.3. The van der Waals surface area contributed by atoms with E-state index in [9.17, 15) is 4.79 Å². The van der Waals surface area contributed by atoms with Crippen LogP contribution in [0.5, 0.6) is 0 Å². The largest absolute Gasteiger partial charge is 0.498 e. The lowest BCUT2D eigenvalue weighted by molar-refractivity contribution is -0.113. The van der Waals surface area contributed by atoms with Crippen LogP contribution in [-0.2, 0) is 9.53 Å². The van der Waals surface area contributed by atoms with E-state index in [1.54, 1.807) is 6.92 Å². The minimum Gasteiger partial charge on any atom is -0.498 e. The lowest BCUT2D eigenvalue weighted by Gasteiger charge is -2.12. The third-order valence-electron chi connectivity index (χ3n) is 2.94. The molecule has 15 heavy (non-hydrogen) atoms. The summed E-state index contributed by atoms with van der Waals surface area (Å²) < 4.78 is 5.55. The summed E-state index contributed by atoms with van der Waals surface area (Å²) in [6.45, 7) is 4.49. The van der Waals surface area contributed by atoms with E-state index in [0.717, 1.165) is 30.8 Å². The fraction of sp³-hybridized carbons (Fsp3) is 0.462. The number of carbonyl (C=O) groups is 1. The molecule has 0 bridgehead atoms. The number of hydrogen-bond donors (Lipinski definition) is 0. The summed E-state index contributed by atoms with van der Waals surface area (Å²) in [5.41, 5.74) is 2.03. The molecule has 0 N–H and O–H groups in total. The fourth-order valence-corrected chi connectivity index (χ4v) is 2.12. The van der Waals surface area contributed by atoms with Crippen molar-refractivity contribution in [3.8, 4) is 0 Å². The van der Waals surface area contributed by atoms with Crippen LogP contribution in [0.3, 0.4) is 0 Å². The quantitative estimate of drug-likeness (QED) is 0.656. The summed E-state index contributed by atoms with van der Waals surface area (Å²) >= 11 is 0. The number of Topliss-reactive ketones (excluding diaryl/α,β-unsaturated/α-hetero) is 1. The summed E-state index contributed by atoms with van der Waals surface area (Å²) in [4.78, 5) is 11.3. The van der Waals surface area contributed by atoms with E-state index in [1.807, 2.05) is 18.2 Å². The zero-order chi connectivity index (χ0) is 10.8. The van der Waals surface area contributed by atoms with E-state index in [1.165, 1.54) is 5.57 Å². The number of rotatable bonds is 1. The van der Waals surface area contributed by atoms with E-state index < -0.39 is 0 Å². The molecule has 1 aliphatic heterocycles. The van der Waals surface area contributed by atoms with Crippen molar-refractivity contribution in [2.24, 2.45) is 5.92 Å². The van der Waals surface area contributed by atoms with Crippen molar-refractivity contribution >= 4 is 5.78 Å². The van der Waals surface area contributed by atoms with Gasteiger partial charge in [-0.25, -0.2) is 0 Å². The predicted molar refractivity (Wildman–Crippen MR) is 59.3 cm³/mol.